The van der Waals surface area contributed by atoms with Crippen LogP contribution in [0.3, 0.4) is 0 Å². The molecule has 0 saturated carbocycles. The van der Waals surface area contributed by atoms with Gasteiger partial charge in [0.2, 0.25) is 5.91 Å². The van der Waals surface area contributed by atoms with Crippen molar-refractivity contribution >= 4 is 33.8 Å². The molecule has 22 heavy (non-hydrogen) atoms. The molecule has 1 aromatic carbocycles. The lowest BCUT2D eigenvalue weighted by molar-refractivity contribution is -0.148. The van der Waals surface area contributed by atoms with E-state index in [4.69, 9.17) is 0 Å². The van der Waals surface area contributed by atoms with E-state index >= 15 is 0 Å². The number of carboxylic acids is 1. The largest absolute Gasteiger partial charge is 0.480 e. The predicted octanol–water partition coefficient (Wildman–Crippen LogP) is 1.47. The average molecular weight is 370 g/mol. The van der Waals surface area contributed by atoms with Crippen LogP contribution in [0.2, 0.25) is 0 Å². The van der Waals surface area contributed by atoms with Gasteiger partial charge in [-0.25, -0.2) is 4.79 Å². The lowest BCUT2D eigenvalue weighted by atomic mass is 10.0. The summed E-state index contributed by atoms with van der Waals surface area (Å²) in [5, 5.41) is 9.44. The molecule has 0 spiro atoms. The lowest BCUT2D eigenvalue weighted by Gasteiger charge is -2.24. The Balaban J connectivity index is 2.16. The molecule has 1 saturated heterocycles. The number of carbonyl (C=O) groups is 3. The molecule has 1 heterocycles. The first-order valence-electron chi connectivity index (χ1n) is 6.77. The van der Waals surface area contributed by atoms with Crippen LogP contribution in [-0.4, -0.2) is 47.5 Å². The topological polar surface area (TPSA) is 83.9 Å². The molecule has 1 fully saturated rings. The van der Waals surface area contributed by atoms with Crippen LogP contribution in [0.1, 0.15) is 12.0 Å². The summed E-state index contributed by atoms with van der Waals surface area (Å²) < 4.78 is 5.48. The SMILES string of the molecule is COC(=O)C1CC(=O)N(C(Cc2cccc(Br)c2)C(=O)O)C1. The number of esters is 1. The minimum absolute atomic E-state index is 0.00502. The third-order valence-corrected chi connectivity index (χ3v) is 4.17. The number of benzene rings is 1. The van der Waals surface area contributed by atoms with Gasteiger partial charge < -0.3 is 14.7 Å². The zero-order valence-corrected chi connectivity index (χ0v) is 13.6. The first kappa shape index (κ1) is 16.5. The Hall–Kier alpha value is -1.89. The second kappa shape index (κ2) is 6.91. The monoisotopic (exact) mass is 369 g/mol. The van der Waals surface area contributed by atoms with Crippen LogP contribution < -0.4 is 0 Å². The second-order valence-electron chi connectivity index (χ2n) is 5.16. The highest BCUT2D eigenvalue weighted by molar-refractivity contribution is 9.10. The summed E-state index contributed by atoms with van der Waals surface area (Å²) in [5.74, 6) is -2.50. The predicted molar refractivity (Wildman–Crippen MR) is 81.1 cm³/mol. The number of methoxy groups -OCH3 is 1. The fraction of sp³-hybridized carbons (Fsp3) is 0.400. The van der Waals surface area contributed by atoms with Crippen LogP contribution in [0, 0.1) is 5.92 Å². The molecule has 0 aromatic heterocycles. The summed E-state index contributed by atoms with van der Waals surface area (Å²) >= 11 is 3.33. The van der Waals surface area contributed by atoms with Gasteiger partial charge in [-0.1, -0.05) is 28.1 Å². The van der Waals surface area contributed by atoms with Gasteiger partial charge in [0.1, 0.15) is 6.04 Å². The van der Waals surface area contributed by atoms with Gasteiger partial charge in [0.25, 0.3) is 0 Å². The summed E-state index contributed by atoms with van der Waals surface area (Å²) in [5.41, 5.74) is 0.802. The molecule has 0 aliphatic carbocycles. The van der Waals surface area contributed by atoms with Crippen LogP contribution in [0.25, 0.3) is 0 Å². The molecular weight excluding hydrogens is 354 g/mol. The molecule has 1 aliphatic heterocycles. The van der Waals surface area contributed by atoms with Gasteiger partial charge in [0.15, 0.2) is 0 Å². The van der Waals surface area contributed by atoms with Crippen LogP contribution in [0.4, 0.5) is 0 Å². The molecule has 2 atom stereocenters. The van der Waals surface area contributed by atoms with Crippen molar-refractivity contribution < 1.29 is 24.2 Å². The molecular formula is C15H16BrNO5. The van der Waals surface area contributed by atoms with Crippen LogP contribution >= 0.6 is 15.9 Å². The smallest absolute Gasteiger partial charge is 0.326 e. The fourth-order valence-electron chi connectivity index (χ4n) is 2.58. The van der Waals surface area contributed by atoms with E-state index in [0.29, 0.717) is 0 Å². The third kappa shape index (κ3) is 3.65. The van der Waals surface area contributed by atoms with Crippen molar-refractivity contribution in [2.24, 2.45) is 5.92 Å². The number of ether oxygens (including phenoxy) is 1. The summed E-state index contributed by atoms with van der Waals surface area (Å²) in [6.45, 7) is 0.0798. The molecule has 0 bridgehead atoms. The third-order valence-electron chi connectivity index (χ3n) is 3.67. The Bertz CT molecular complexity index is 603. The molecule has 2 rings (SSSR count). The van der Waals surface area contributed by atoms with E-state index in [0.717, 1.165) is 10.0 Å². The number of carbonyl (C=O) groups excluding carboxylic acids is 2. The van der Waals surface area contributed by atoms with Gasteiger partial charge in [-0.15, -0.1) is 0 Å². The van der Waals surface area contributed by atoms with Crippen LogP contribution in [0.5, 0.6) is 0 Å². The van der Waals surface area contributed by atoms with Gasteiger partial charge in [-0.3, -0.25) is 9.59 Å². The van der Waals surface area contributed by atoms with E-state index < -0.39 is 23.9 Å². The zero-order valence-electron chi connectivity index (χ0n) is 12.0. The zero-order chi connectivity index (χ0) is 16.3. The van der Waals surface area contributed by atoms with Gasteiger partial charge in [0.05, 0.1) is 13.0 Å². The molecule has 118 valence electrons. The molecule has 1 aromatic rings. The highest BCUT2D eigenvalue weighted by Crippen LogP contribution is 2.24. The highest BCUT2D eigenvalue weighted by Gasteiger charge is 2.41. The molecule has 1 amide bonds. The van der Waals surface area contributed by atoms with Crippen molar-refractivity contribution in [3.63, 3.8) is 0 Å². The van der Waals surface area contributed by atoms with E-state index in [2.05, 4.69) is 20.7 Å². The van der Waals surface area contributed by atoms with Crippen LogP contribution in [0.15, 0.2) is 28.7 Å². The van der Waals surface area contributed by atoms with Crippen molar-refractivity contribution in [3.8, 4) is 0 Å². The number of carboxylic acid groups (broad SMARTS) is 1. The first-order chi connectivity index (χ1) is 10.4. The van der Waals surface area contributed by atoms with Gasteiger partial charge in [-0.05, 0) is 17.7 Å². The Morgan fingerprint density at radius 3 is 2.82 bits per heavy atom. The van der Waals surface area contributed by atoms with E-state index in [1.54, 1.807) is 12.1 Å². The number of likely N-dealkylation sites (tertiary alicyclic amines) is 1. The number of aliphatic carboxylic acids is 1. The summed E-state index contributed by atoms with van der Waals surface area (Å²) in [4.78, 5) is 36.4. The summed E-state index contributed by atoms with van der Waals surface area (Å²) in [6.07, 6.45) is 0.184. The maximum Gasteiger partial charge on any atom is 0.326 e. The van der Waals surface area contributed by atoms with Crippen LogP contribution in [-0.2, 0) is 25.5 Å². The lowest BCUT2D eigenvalue weighted by Crippen LogP contribution is -2.44. The number of nitrogens with zero attached hydrogens (tertiary/aromatic N) is 1. The number of hydrogen-bond donors (Lipinski definition) is 1. The maximum absolute atomic E-state index is 12.1. The molecule has 7 heteroatoms. The van der Waals surface area contributed by atoms with Gasteiger partial charge >= 0.3 is 11.9 Å². The molecule has 0 radical (unpaired) electrons. The van der Waals surface area contributed by atoms with Crippen molar-refractivity contribution in [1.29, 1.82) is 0 Å². The number of rotatable bonds is 5. The van der Waals surface area contributed by atoms with Gasteiger partial charge in [-0.2, -0.15) is 0 Å². The maximum atomic E-state index is 12.1. The molecule has 1 aliphatic rings. The fourth-order valence-corrected chi connectivity index (χ4v) is 3.02. The van der Waals surface area contributed by atoms with Crippen molar-refractivity contribution in [2.45, 2.75) is 18.9 Å². The number of hydrogen-bond acceptors (Lipinski definition) is 4. The number of halogens is 1. The quantitative estimate of drug-likeness (QED) is 0.794. The van der Waals surface area contributed by atoms with Crippen molar-refractivity contribution in [1.82, 2.24) is 4.90 Å². The Morgan fingerprint density at radius 2 is 2.23 bits per heavy atom. The van der Waals surface area contributed by atoms with E-state index in [-0.39, 0.29) is 25.3 Å². The normalized spacial score (nSPS) is 19.1. The average Bonchev–Trinajstić information content (AvgIpc) is 2.85. The van der Waals surface area contributed by atoms with Gasteiger partial charge in [0, 0.05) is 23.9 Å². The summed E-state index contributed by atoms with van der Waals surface area (Å²) in [7, 11) is 1.26. The Labute approximate surface area is 136 Å². The molecule has 2 unspecified atom stereocenters. The first-order valence-corrected chi connectivity index (χ1v) is 7.56. The van der Waals surface area contributed by atoms with E-state index in [1.165, 1.54) is 12.0 Å². The molecule has 6 nitrogen and oxygen atoms in total. The van der Waals surface area contributed by atoms with E-state index in [9.17, 15) is 19.5 Å². The van der Waals surface area contributed by atoms with Crippen molar-refractivity contribution in [3.05, 3.63) is 34.3 Å². The summed E-state index contributed by atoms with van der Waals surface area (Å²) in [6, 6.07) is 6.28. The van der Waals surface area contributed by atoms with E-state index in [1.807, 2.05) is 12.1 Å². The molecule has 1 N–H and O–H groups in total. The minimum Gasteiger partial charge on any atom is -0.480 e. The second-order valence-corrected chi connectivity index (χ2v) is 6.07. The standard InChI is InChI=1S/C15H16BrNO5/c1-22-15(21)10-7-13(18)17(8-10)12(14(19)20)6-9-3-2-4-11(16)5-9/h2-5,10,12H,6-8H2,1H3,(H,19,20). The minimum atomic E-state index is -1.08. The van der Waals surface area contributed by atoms with Crippen molar-refractivity contribution in [2.75, 3.05) is 13.7 Å². The number of amides is 1. The Kier molecular flexibility index (Phi) is 5.18. The Morgan fingerprint density at radius 1 is 1.50 bits per heavy atom. The highest BCUT2D eigenvalue weighted by atomic mass is 79.9.